The van der Waals surface area contributed by atoms with Gasteiger partial charge in [-0.3, -0.25) is 4.79 Å². The summed E-state index contributed by atoms with van der Waals surface area (Å²) in [5, 5.41) is 3.73. The van der Waals surface area contributed by atoms with E-state index in [0.29, 0.717) is 17.1 Å². The smallest absolute Gasteiger partial charge is 0.427 e. The van der Waals surface area contributed by atoms with E-state index in [9.17, 15) is 9.59 Å². The highest BCUT2D eigenvalue weighted by Gasteiger charge is 2.15. The predicted octanol–water partition coefficient (Wildman–Crippen LogP) is 1.71. The highest BCUT2D eigenvalue weighted by Crippen LogP contribution is 2.38. The molecule has 1 aromatic rings. The summed E-state index contributed by atoms with van der Waals surface area (Å²) in [6.45, 7) is 3.21. The number of esters is 1. The van der Waals surface area contributed by atoms with Crippen LogP contribution in [0.1, 0.15) is 19.4 Å². The molecule has 1 rings (SSSR count). The van der Waals surface area contributed by atoms with Gasteiger partial charge in [0.1, 0.15) is 0 Å². The molecule has 0 aliphatic heterocycles. The maximum absolute atomic E-state index is 11.1. The Hall–Kier alpha value is -2.77. The predicted molar refractivity (Wildman–Crippen MR) is 78.6 cm³/mol. The van der Waals surface area contributed by atoms with E-state index < -0.39 is 12.1 Å². The van der Waals surface area contributed by atoms with Gasteiger partial charge in [-0.15, -0.1) is 0 Å². The number of rotatable bonds is 6. The van der Waals surface area contributed by atoms with Gasteiger partial charge >= 0.3 is 12.1 Å². The molecule has 1 N–H and O–H groups in total. The minimum absolute atomic E-state index is 0.174. The zero-order valence-corrected chi connectivity index (χ0v) is 12.8. The number of hydrogen-bond donors (Lipinski definition) is 1. The van der Waals surface area contributed by atoms with Gasteiger partial charge in [-0.2, -0.15) is 5.10 Å². The standard InChI is InChI=1S/C14H18N2O6/c1-5-21-14(18)16-15-8-10-6-11(19-3)13(22-9(2)17)12(7-10)20-4/h6-8H,5H2,1-4H3,(H,16,18). The van der Waals surface area contributed by atoms with Crippen molar-refractivity contribution in [3.63, 3.8) is 0 Å². The van der Waals surface area contributed by atoms with Gasteiger partial charge < -0.3 is 18.9 Å². The second kappa shape index (κ2) is 8.50. The van der Waals surface area contributed by atoms with Crippen molar-refractivity contribution in [3.05, 3.63) is 17.7 Å². The number of ether oxygens (including phenoxy) is 4. The van der Waals surface area contributed by atoms with Crippen LogP contribution >= 0.6 is 0 Å². The first-order valence-electron chi connectivity index (χ1n) is 6.42. The first-order valence-corrected chi connectivity index (χ1v) is 6.42. The van der Waals surface area contributed by atoms with Crippen LogP contribution in [0, 0.1) is 0 Å². The van der Waals surface area contributed by atoms with Crippen LogP contribution in [0.25, 0.3) is 0 Å². The summed E-state index contributed by atoms with van der Waals surface area (Å²) in [7, 11) is 2.86. The minimum Gasteiger partial charge on any atom is -0.493 e. The van der Waals surface area contributed by atoms with Gasteiger partial charge in [-0.1, -0.05) is 0 Å². The van der Waals surface area contributed by atoms with E-state index >= 15 is 0 Å². The molecule has 0 fully saturated rings. The van der Waals surface area contributed by atoms with Crippen LogP contribution in [0.5, 0.6) is 17.2 Å². The lowest BCUT2D eigenvalue weighted by Gasteiger charge is -2.13. The molecule has 8 heteroatoms. The molecule has 120 valence electrons. The van der Waals surface area contributed by atoms with E-state index in [1.807, 2.05) is 0 Å². The van der Waals surface area contributed by atoms with E-state index in [1.165, 1.54) is 27.4 Å². The minimum atomic E-state index is -0.658. The number of nitrogens with one attached hydrogen (secondary N) is 1. The lowest BCUT2D eigenvalue weighted by atomic mass is 10.2. The Morgan fingerprint density at radius 3 is 2.27 bits per heavy atom. The van der Waals surface area contributed by atoms with Gasteiger partial charge in [0.05, 0.1) is 27.0 Å². The van der Waals surface area contributed by atoms with E-state index in [-0.39, 0.29) is 12.4 Å². The number of hydrogen-bond acceptors (Lipinski definition) is 7. The topological polar surface area (TPSA) is 95.5 Å². The highest BCUT2D eigenvalue weighted by atomic mass is 16.6. The lowest BCUT2D eigenvalue weighted by molar-refractivity contribution is -0.132. The van der Waals surface area contributed by atoms with Crippen molar-refractivity contribution in [2.24, 2.45) is 5.10 Å². The van der Waals surface area contributed by atoms with E-state index in [0.717, 1.165) is 0 Å². The van der Waals surface area contributed by atoms with E-state index in [1.54, 1.807) is 19.1 Å². The summed E-state index contributed by atoms with van der Waals surface area (Å²) in [6.07, 6.45) is 0.716. The average Bonchev–Trinajstić information content (AvgIpc) is 2.48. The fourth-order valence-electron chi connectivity index (χ4n) is 1.54. The second-order valence-corrected chi connectivity index (χ2v) is 3.94. The van der Waals surface area contributed by atoms with Crippen molar-refractivity contribution in [1.29, 1.82) is 0 Å². The number of amides is 1. The van der Waals surface area contributed by atoms with Crippen LogP contribution in [0.2, 0.25) is 0 Å². The van der Waals surface area contributed by atoms with Gasteiger partial charge in [0.25, 0.3) is 0 Å². The highest BCUT2D eigenvalue weighted by molar-refractivity contribution is 5.84. The number of nitrogens with zero attached hydrogens (tertiary/aromatic N) is 1. The summed E-state index contributed by atoms with van der Waals surface area (Å²) in [5.74, 6) is 0.272. The summed E-state index contributed by atoms with van der Waals surface area (Å²) < 4.78 is 20.1. The van der Waals surface area contributed by atoms with Gasteiger partial charge in [-0.25, -0.2) is 10.2 Å². The van der Waals surface area contributed by atoms with Crippen molar-refractivity contribution in [2.45, 2.75) is 13.8 Å². The molecule has 0 aliphatic carbocycles. The Labute approximate surface area is 128 Å². The lowest BCUT2D eigenvalue weighted by Crippen LogP contribution is -2.18. The Morgan fingerprint density at radius 2 is 1.82 bits per heavy atom. The molecule has 0 unspecified atom stereocenters. The third-order valence-electron chi connectivity index (χ3n) is 2.37. The molecule has 0 aliphatic rings. The summed E-state index contributed by atoms with van der Waals surface area (Å²) >= 11 is 0. The van der Waals surface area contributed by atoms with Crippen LogP contribution in [0.15, 0.2) is 17.2 Å². The molecule has 0 radical (unpaired) electrons. The molecule has 0 bridgehead atoms. The molecular formula is C14H18N2O6. The molecule has 0 saturated carbocycles. The van der Waals surface area contributed by atoms with Crippen LogP contribution in [0.4, 0.5) is 4.79 Å². The quantitative estimate of drug-likeness (QED) is 0.372. The molecule has 0 heterocycles. The number of carbonyl (C=O) groups excluding carboxylic acids is 2. The van der Waals surface area contributed by atoms with Crippen LogP contribution in [0.3, 0.4) is 0 Å². The van der Waals surface area contributed by atoms with Gasteiger partial charge in [0, 0.05) is 12.5 Å². The third kappa shape index (κ3) is 4.97. The van der Waals surface area contributed by atoms with E-state index in [2.05, 4.69) is 15.3 Å². The Morgan fingerprint density at radius 1 is 1.23 bits per heavy atom. The van der Waals surface area contributed by atoms with Crippen molar-refractivity contribution in [3.8, 4) is 17.2 Å². The SMILES string of the molecule is CCOC(=O)NN=Cc1cc(OC)c(OC(C)=O)c(OC)c1. The molecule has 0 saturated heterocycles. The Kier molecular flexibility index (Phi) is 6.68. The fourth-order valence-corrected chi connectivity index (χ4v) is 1.54. The molecule has 1 aromatic carbocycles. The van der Waals surface area contributed by atoms with Crippen molar-refractivity contribution in [1.82, 2.24) is 5.43 Å². The molecule has 0 aromatic heterocycles. The third-order valence-corrected chi connectivity index (χ3v) is 2.37. The monoisotopic (exact) mass is 310 g/mol. The summed E-state index contributed by atoms with van der Waals surface area (Å²) in [5.41, 5.74) is 2.77. The first-order chi connectivity index (χ1) is 10.5. The maximum Gasteiger partial charge on any atom is 0.427 e. The first kappa shape index (κ1) is 17.3. The molecule has 22 heavy (non-hydrogen) atoms. The van der Waals surface area contributed by atoms with Crippen LogP contribution < -0.4 is 19.6 Å². The second-order valence-electron chi connectivity index (χ2n) is 3.94. The van der Waals surface area contributed by atoms with Crippen molar-refractivity contribution in [2.75, 3.05) is 20.8 Å². The van der Waals surface area contributed by atoms with Crippen LogP contribution in [-0.4, -0.2) is 39.1 Å². The van der Waals surface area contributed by atoms with Gasteiger partial charge in [0.2, 0.25) is 5.75 Å². The molecule has 1 amide bonds. The largest absolute Gasteiger partial charge is 0.493 e. The number of benzene rings is 1. The van der Waals surface area contributed by atoms with Crippen LogP contribution in [-0.2, 0) is 9.53 Å². The number of carbonyl (C=O) groups is 2. The van der Waals surface area contributed by atoms with Crippen molar-refractivity contribution >= 4 is 18.3 Å². The van der Waals surface area contributed by atoms with Gasteiger partial charge in [0.15, 0.2) is 11.5 Å². The molecule has 8 nitrogen and oxygen atoms in total. The Balaban J connectivity index is 3.00. The number of methoxy groups -OCH3 is 2. The molecular weight excluding hydrogens is 292 g/mol. The molecule has 0 spiro atoms. The number of hydrazone groups is 1. The average molecular weight is 310 g/mol. The zero-order chi connectivity index (χ0) is 16.5. The van der Waals surface area contributed by atoms with Crippen molar-refractivity contribution < 1.29 is 28.5 Å². The summed E-state index contributed by atoms with van der Waals surface area (Å²) in [6, 6.07) is 3.16. The Bertz CT molecular complexity index is 545. The zero-order valence-electron chi connectivity index (χ0n) is 12.8. The van der Waals surface area contributed by atoms with Gasteiger partial charge in [-0.05, 0) is 19.1 Å². The maximum atomic E-state index is 11.1. The molecule has 0 atom stereocenters. The fraction of sp³-hybridized carbons (Fsp3) is 0.357. The van der Waals surface area contributed by atoms with E-state index in [4.69, 9.17) is 14.2 Å². The normalized spacial score (nSPS) is 10.2. The summed E-state index contributed by atoms with van der Waals surface area (Å²) in [4.78, 5) is 22.2.